The van der Waals surface area contributed by atoms with E-state index in [9.17, 15) is 5.11 Å². The summed E-state index contributed by atoms with van der Waals surface area (Å²) >= 11 is 0. The van der Waals surface area contributed by atoms with Crippen LogP contribution in [-0.2, 0) is 4.74 Å². The number of ether oxygens (including phenoxy) is 1. The minimum absolute atomic E-state index is 0.269. The van der Waals surface area contributed by atoms with Crippen molar-refractivity contribution in [1.82, 2.24) is 20.2 Å². The van der Waals surface area contributed by atoms with E-state index in [0.717, 1.165) is 5.39 Å². The monoisotopic (exact) mass is 252 g/mol. The Kier molecular flexibility index (Phi) is 3.90. The predicted molar refractivity (Wildman–Crippen MR) is 67.6 cm³/mol. The number of fused-ring (bicyclic) bond motifs is 1. The number of aromatic nitrogens is 4. The molecule has 0 saturated carbocycles. The lowest BCUT2D eigenvalue weighted by Gasteiger charge is -2.12. The lowest BCUT2D eigenvalue weighted by atomic mass is 10.3. The van der Waals surface area contributed by atoms with E-state index in [1.54, 1.807) is 20.4 Å². The highest BCUT2D eigenvalue weighted by atomic mass is 16.5. The molecule has 2 aromatic heterocycles. The second kappa shape index (κ2) is 5.61. The molecule has 2 aromatic rings. The summed E-state index contributed by atoms with van der Waals surface area (Å²) in [6.45, 7) is 0.611. The van der Waals surface area contributed by atoms with Crippen LogP contribution in [0.5, 0.6) is 0 Å². The van der Waals surface area contributed by atoms with Crippen LogP contribution in [0.1, 0.15) is 0 Å². The fourth-order valence-electron chi connectivity index (χ4n) is 1.55. The van der Waals surface area contributed by atoms with Gasteiger partial charge in [0.1, 0.15) is 5.82 Å². The molecule has 0 aliphatic rings. The Morgan fingerprint density at radius 1 is 1.50 bits per heavy atom. The summed E-state index contributed by atoms with van der Waals surface area (Å²) in [5.41, 5.74) is 0.637. The Hall–Kier alpha value is -1.93. The molecule has 2 heterocycles. The first-order chi connectivity index (χ1) is 8.74. The fraction of sp³-hybridized carbons (Fsp3) is 0.500. The van der Waals surface area contributed by atoms with E-state index >= 15 is 0 Å². The Bertz CT molecular complexity index is 514. The van der Waals surface area contributed by atoms with Crippen molar-refractivity contribution in [2.75, 3.05) is 37.9 Å². The maximum Gasteiger partial charge on any atom is 0.226 e. The number of rotatable bonds is 6. The molecular formula is C10H16N6O2. The molecule has 4 N–H and O–H groups in total. The minimum atomic E-state index is -0.593. The number of anilines is 2. The maximum atomic E-state index is 9.59. The average Bonchev–Trinajstić information content (AvgIpc) is 2.84. The van der Waals surface area contributed by atoms with Crippen LogP contribution >= 0.6 is 0 Å². The zero-order valence-electron chi connectivity index (χ0n) is 10.3. The van der Waals surface area contributed by atoms with Crippen molar-refractivity contribution in [3.8, 4) is 0 Å². The van der Waals surface area contributed by atoms with E-state index in [2.05, 4.69) is 30.8 Å². The van der Waals surface area contributed by atoms with Gasteiger partial charge in [-0.25, -0.2) is 0 Å². The summed E-state index contributed by atoms with van der Waals surface area (Å²) in [6, 6.07) is 0. The molecule has 0 saturated heterocycles. The minimum Gasteiger partial charge on any atom is -0.389 e. The van der Waals surface area contributed by atoms with E-state index in [1.165, 1.54) is 0 Å². The van der Waals surface area contributed by atoms with Gasteiger partial charge in [0.2, 0.25) is 5.95 Å². The molecule has 98 valence electrons. The Balaban J connectivity index is 2.18. The molecule has 18 heavy (non-hydrogen) atoms. The standard InChI is InChI=1S/C10H16N6O2/c1-11-10-14-8(12-3-6(17)5-18-2)7-4-13-16-9(7)15-10/h4,6,17H,3,5H2,1-2H3,(H3,11,12,13,14,15,16). The van der Waals surface area contributed by atoms with Crippen molar-refractivity contribution >= 4 is 22.8 Å². The first kappa shape index (κ1) is 12.5. The van der Waals surface area contributed by atoms with Crippen LogP contribution in [0.2, 0.25) is 0 Å². The third-order valence-electron chi connectivity index (χ3n) is 2.40. The zero-order valence-corrected chi connectivity index (χ0v) is 10.3. The van der Waals surface area contributed by atoms with Crippen LogP contribution < -0.4 is 10.6 Å². The van der Waals surface area contributed by atoms with Gasteiger partial charge >= 0.3 is 0 Å². The first-order valence-electron chi connectivity index (χ1n) is 5.54. The maximum absolute atomic E-state index is 9.59. The second-order valence-corrected chi connectivity index (χ2v) is 3.77. The van der Waals surface area contributed by atoms with Crippen LogP contribution in [-0.4, -0.2) is 58.7 Å². The molecule has 0 aliphatic heterocycles. The number of H-pyrrole nitrogens is 1. The molecule has 2 rings (SSSR count). The van der Waals surface area contributed by atoms with Gasteiger partial charge in [0, 0.05) is 20.7 Å². The van der Waals surface area contributed by atoms with Gasteiger partial charge in [0.15, 0.2) is 5.65 Å². The highest BCUT2D eigenvalue weighted by molar-refractivity contribution is 5.86. The van der Waals surface area contributed by atoms with Crippen molar-refractivity contribution in [2.24, 2.45) is 0 Å². The molecule has 0 radical (unpaired) electrons. The molecule has 0 aromatic carbocycles. The van der Waals surface area contributed by atoms with Gasteiger partial charge in [-0.2, -0.15) is 15.1 Å². The highest BCUT2D eigenvalue weighted by Gasteiger charge is 2.10. The number of methoxy groups -OCH3 is 1. The number of aromatic amines is 1. The van der Waals surface area contributed by atoms with Crippen LogP contribution in [0.4, 0.5) is 11.8 Å². The lowest BCUT2D eigenvalue weighted by molar-refractivity contribution is 0.0727. The molecular weight excluding hydrogens is 236 g/mol. The zero-order chi connectivity index (χ0) is 13.0. The summed E-state index contributed by atoms with van der Waals surface area (Å²) in [6.07, 6.45) is 1.05. The second-order valence-electron chi connectivity index (χ2n) is 3.77. The Labute approximate surface area is 104 Å². The molecule has 1 atom stereocenters. The largest absolute Gasteiger partial charge is 0.389 e. The summed E-state index contributed by atoms with van der Waals surface area (Å²) in [5, 5.41) is 23.0. The lowest BCUT2D eigenvalue weighted by Crippen LogP contribution is -2.24. The number of aliphatic hydroxyl groups is 1. The quantitative estimate of drug-likeness (QED) is 0.564. The topological polar surface area (TPSA) is 108 Å². The average molecular weight is 252 g/mol. The van der Waals surface area contributed by atoms with Gasteiger partial charge in [-0.15, -0.1) is 0 Å². The van der Waals surface area contributed by atoms with Crippen molar-refractivity contribution < 1.29 is 9.84 Å². The molecule has 8 heteroatoms. The van der Waals surface area contributed by atoms with Crippen LogP contribution in [0, 0.1) is 0 Å². The summed E-state index contributed by atoms with van der Waals surface area (Å²) in [4.78, 5) is 8.49. The Morgan fingerprint density at radius 2 is 2.33 bits per heavy atom. The smallest absolute Gasteiger partial charge is 0.226 e. The Morgan fingerprint density at radius 3 is 3.06 bits per heavy atom. The van der Waals surface area contributed by atoms with Gasteiger partial charge in [0.05, 0.1) is 24.3 Å². The third-order valence-corrected chi connectivity index (χ3v) is 2.40. The van der Waals surface area contributed by atoms with Gasteiger partial charge < -0.3 is 20.5 Å². The van der Waals surface area contributed by atoms with Gasteiger partial charge in [-0.1, -0.05) is 0 Å². The number of hydrogen-bond acceptors (Lipinski definition) is 7. The van der Waals surface area contributed by atoms with Crippen molar-refractivity contribution in [3.05, 3.63) is 6.20 Å². The fourth-order valence-corrected chi connectivity index (χ4v) is 1.55. The number of nitrogens with zero attached hydrogens (tertiary/aromatic N) is 3. The summed E-state index contributed by atoms with van der Waals surface area (Å²) < 4.78 is 4.86. The number of hydrogen-bond donors (Lipinski definition) is 4. The molecule has 0 amide bonds. The molecule has 8 nitrogen and oxygen atoms in total. The third kappa shape index (κ3) is 2.66. The van der Waals surface area contributed by atoms with E-state index in [0.29, 0.717) is 24.0 Å². The van der Waals surface area contributed by atoms with E-state index in [-0.39, 0.29) is 6.61 Å². The van der Waals surface area contributed by atoms with Crippen LogP contribution in [0.3, 0.4) is 0 Å². The number of nitrogens with one attached hydrogen (secondary N) is 3. The highest BCUT2D eigenvalue weighted by Crippen LogP contribution is 2.19. The normalized spacial score (nSPS) is 12.6. The molecule has 0 spiro atoms. The summed E-state index contributed by atoms with van der Waals surface area (Å²) in [5.74, 6) is 1.10. The molecule has 0 fully saturated rings. The van der Waals surface area contributed by atoms with Gasteiger partial charge in [0.25, 0.3) is 0 Å². The van der Waals surface area contributed by atoms with Crippen molar-refractivity contribution in [2.45, 2.75) is 6.10 Å². The van der Waals surface area contributed by atoms with Gasteiger partial charge in [-0.3, -0.25) is 5.10 Å². The van der Waals surface area contributed by atoms with E-state index in [1.807, 2.05) is 0 Å². The SMILES string of the molecule is CNc1nc(NCC(O)COC)c2cn[nH]c2n1. The molecule has 0 aliphatic carbocycles. The predicted octanol–water partition coefficient (Wildman–Crippen LogP) is -0.186. The summed E-state index contributed by atoms with van der Waals surface area (Å²) in [7, 11) is 3.28. The van der Waals surface area contributed by atoms with Crippen molar-refractivity contribution in [3.63, 3.8) is 0 Å². The molecule has 1 unspecified atom stereocenters. The van der Waals surface area contributed by atoms with Crippen LogP contribution in [0.25, 0.3) is 11.0 Å². The van der Waals surface area contributed by atoms with E-state index < -0.39 is 6.10 Å². The molecule has 0 bridgehead atoms. The van der Waals surface area contributed by atoms with E-state index in [4.69, 9.17) is 4.74 Å². The number of aliphatic hydroxyl groups excluding tert-OH is 1. The first-order valence-corrected chi connectivity index (χ1v) is 5.54. The van der Waals surface area contributed by atoms with Crippen molar-refractivity contribution in [1.29, 1.82) is 0 Å². The van der Waals surface area contributed by atoms with Gasteiger partial charge in [-0.05, 0) is 0 Å². The van der Waals surface area contributed by atoms with Crippen LogP contribution in [0.15, 0.2) is 6.20 Å².